The molecule has 1 aromatic heterocycles. The highest BCUT2D eigenvalue weighted by atomic mass is 19.4. The SMILES string of the molecule is COC1CC(C(=O)O)N(C(=O)c2cn(-c3ccccc3C(F)(F)F)nn2)C1. The van der Waals surface area contributed by atoms with E-state index in [1.54, 1.807) is 0 Å². The molecule has 1 N–H and O–H groups in total. The molecule has 2 unspecified atom stereocenters. The van der Waals surface area contributed by atoms with E-state index < -0.39 is 35.8 Å². The molecule has 1 aliphatic heterocycles. The van der Waals surface area contributed by atoms with Crippen molar-refractivity contribution in [3.63, 3.8) is 0 Å². The summed E-state index contributed by atoms with van der Waals surface area (Å²) in [4.78, 5) is 25.1. The fourth-order valence-corrected chi connectivity index (χ4v) is 2.97. The predicted molar refractivity (Wildman–Crippen MR) is 84.2 cm³/mol. The molecule has 1 saturated heterocycles. The number of aliphatic carboxylic acids is 1. The summed E-state index contributed by atoms with van der Waals surface area (Å²) >= 11 is 0. The number of hydrogen-bond acceptors (Lipinski definition) is 5. The van der Waals surface area contributed by atoms with Gasteiger partial charge in [-0.25, -0.2) is 9.48 Å². The number of hydrogen-bond donors (Lipinski definition) is 1. The second-order valence-corrected chi connectivity index (χ2v) is 5.97. The summed E-state index contributed by atoms with van der Waals surface area (Å²) in [5, 5.41) is 16.5. The molecule has 0 bridgehead atoms. The lowest BCUT2D eigenvalue weighted by Crippen LogP contribution is -2.40. The molecule has 0 radical (unpaired) electrons. The Hall–Kier alpha value is -2.95. The summed E-state index contributed by atoms with van der Waals surface area (Å²) in [6.45, 7) is 0.0400. The Morgan fingerprint density at radius 3 is 2.63 bits per heavy atom. The molecular weight excluding hydrogens is 369 g/mol. The Balaban J connectivity index is 1.91. The van der Waals surface area contributed by atoms with Gasteiger partial charge in [0.25, 0.3) is 5.91 Å². The molecule has 3 rings (SSSR count). The summed E-state index contributed by atoms with van der Waals surface area (Å²) in [7, 11) is 1.40. The van der Waals surface area contributed by atoms with Gasteiger partial charge < -0.3 is 14.7 Å². The first-order valence-corrected chi connectivity index (χ1v) is 7.88. The number of amides is 1. The summed E-state index contributed by atoms with van der Waals surface area (Å²) in [6.07, 6.45) is -3.90. The Kier molecular flexibility index (Phi) is 4.87. The van der Waals surface area contributed by atoms with E-state index in [1.807, 2.05) is 0 Å². The zero-order chi connectivity index (χ0) is 19.8. The number of nitrogens with zero attached hydrogens (tertiary/aromatic N) is 4. The second kappa shape index (κ2) is 6.99. The van der Waals surface area contributed by atoms with Crippen molar-refractivity contribution in [2.45, 2.75) is 24.7 Å². The monoisotopic (exact) mass is 384 g/mol. The third-order valence-corrected chi connectivity index (χ3v) is 4.31. The van der Waals surface area contributed by atoms with E-state index >= 15 is 0 Å². The van der Waals surface area contributed by atoms with Crippen molar-refractivity contribution in [3.05, 3.63) is 41.7 Å². The quantitative estimate of drug-likeness (QED) is 0.860. The smallest absolute Gasteiger partial charge is 0.418 e. The van der Waals surface area contributed by atoms with Crippen LogP contribution in [0.25, 0.3) is 5.69 Å². The molecule has 27 heavy (non-hydrogen) atoms. The van der Waals surface area contributed by atoms with Crippen LogP contribution in [0.15, 0.2) is 30.5 Å². The Bertz CT molecular complexity index is 867. The van der Waals surface area contributed by atoms with Gasteiger partial charge >= 0.3 is 12.1 Å². The number of halogens is 3. The molecule has 0 spiro atoms. The van der Waals surface area contributed by atoms with Crippen molar-refractivity contribution < 1.29 is 32.6 Å². The molecular formula is C16H15F3N4O4. The van der Waals surface area contributed by atoms with Crippen LogP contribution in [0.3, 0.4) is 0 Å². The molecule has 1 aromatic carbocycles. The summed E-state index contributed by atoms with van der Waals surface area (Å²) in [5.74, 6) is -1.93. The zero-order valence-electron chi connectivity index (χ0n) is 14.1. The zero-order valence-corrected chi connectivity index (χ0v) is 14.1. The standard InChI is InChI=1S/C16H15F3N4O4/c1-27-9-6-13(15(25)26)22(7-9)14(24)11-8-23(21-20-11)12-5-3-2-4-10(12)16(17,18)19/h2-5,8-9,13H,6-7H2,1H3,(H,25,26). The minimum Gasteiger partial charge on any atom is -0.480 e. The minimum absolute atomic E-state index is 0.0400. The number of aromatic nitrogens is 3. The third kappa shape index (κ3) is 3.63. The molecule has 2 atom stereocenters. The van der Waals surface area contributed by atoms with E-state index in [9.17, 15) is 27.9 Å². The van der Waals surface area contributed by atoms with Gasteiger partial charge in [0.05, 0.1) is 23.6 Å². The Labute approximate surface area is 151 Å². The third-order valence-electron chi connectivity index (χ3n) is 4.31. The summed E-state index contributed by atoms with van der Waals surface area (Å²) in [6, 6.07) is 3.63. The van der Waals surface area contributed by atoms with E-state index in [0.29, 0.717) is 0 Å². The molecule has 1 aliphatic rings. The highest BCUT2D eigenvalue weighted by molar-refractivity contribution is 5.95. The maximum absolute atomic E-state index is 13.2. The highest BCUT2D eigenvalue weighted by Crippen LogP contribution is 2.33. The van der Waals surface area contributed by atoms with E-state index in [2.05, 4.69) is 10.3 Å². The van der Waals surface area contributed by atoms with Gasteiger partial charge in [-0.05, 0) is 12.1 Å². The highest BCUT2D eigenvalue weighted by Gasteiger charge is 2.41. The number of para-hydroxylation sites is 1. The number of benzene rings is 1. The molecule has 2 aromatic rings. The molecule has 0 aliphatic carbocycles. The summed E-state index contributed by atoms with van der Waals surface area (Å²) < 4.78 is 45.4. The van der Waals surface area contributed by atoms with Crippen LogP contribution in [0.2, 0.25) is 0 Å². The van der Waals surface area contributed by atoms with E-state index in [0.717, 1.165) is 21.8 Å². The number of methoxy groups -OCH3 is 1. The molecule has 11 heteroatoms. The molecule has 1 amide bonds. The number of carbonyl (C=O) groups is 2. The lowest BCUT2D eigenvalue weighted by atomic mass is 10.1. The molecule has 1 fully saturated rings. The molecule has 0 saturated carbocycles. The number of rotatable bonds is 4. The maximum atomic E-state index is 13.2. The molecule has 2 heterocycles. The van der Waals surface area contributed by atoms with Gasteiger partial charge in [0.2, 0.25) is 0 Å². The minimum atomic E-state index is -4.61. The van der Waals surface area contributed by atoms with Crippen LogP contribution in [0.4, 0.5) is 13.2 Å². The number of carbonyl (C=O) groups excluding carboxylic acids is 1. The fourth-order valence-electron chi connectivity index (χ4n) is 2.97. The van der Waals surface area contributed by atoms with E-state index in [1.165, 1.54) is 25.3 Å². The fraction of sp³-hybridized carbons (Fsp3) is 0.375. The number of likely N-dealkylation sites (tertiary alicyclic amines) is 1. The first-order valence-electron chi connectivity index (χ1n) is 7.88. The van der Waals surface area contributed by atoms with E-state index in [-0.39, 0.29) is 24.3 Å². The molecule has 144 valence electrons. The lowest BCUT2D eigenvalue weighted by molar-refractivity contribution is -0.141. The van der Waals surface area contributed by atoms with Crippen molar-refractivity contribution in [2.24, 2.45) is 0 Å². The number of carboxylic acids is 1. The van der Waals surface area contributed by atoms with Crippen molar-refractivity contribution in [3.8, 4) is 5.69 Å². The second-order valence-electron chi connectivity index (χ2n) is 5.97. The number of ether oxygens (including phenoxy) is 1. The number of alkyl halides is 3. The van der Waals surface area contributed by atoms with Crippen LogP contribution >= 0.6 is 0 Å². The first-order chi connectivity index (χ1) is 12.7. The van der Waals surface area contributed by atoms with Crippen molar-refractivity contribution in [2.75, 3.05) is 13.7 Å². The van der Waals surface area contributed by atoms with Gasteiger partial charge in [-0.2, -0.15) is 13.2 Å². The Morgan fingerprint density at radius 1 is 1.30 bits per heavy atom. The topological polar surface area (TPSA) is 97.6 Å². The van der Waals surface area contributed by atoms with Crippen molar-refractivity contribution >= 4 is 11.9 Å². The van der Waals surface area contributed by atoms with Crippen LogP contribution in [0.5, 0.6) is 0 Å². The molecule has 8 nitrogen and oxygen atoms in total. The van der Waals surface area contributed by atoms with Crippen LogP contribution in [-0.4, -0.2) is 62.7 Å². The van der Waals surface area contributed by atoms with Gasteiger partial charge in [0, 0.05) is 20.1 Å². The maximum Gasteiger partial charge on any atom is 0.418 e. The Morgan fingerprint density at radius 2 is 2.00 bits per heavy atom. The normalized spacial score (nSPS) is 20.1. The predicted octanol–water partition coefficient (Wildman–Crippen LogP) is 1.60. The van der Waals surface area contributed by atoms with Gasteiger partial charge in [-0.15, -0.1) is 5.10 Å². The largest absolute Gasteiger partial charge is 0.480 e. The van der Waals surface area contributed by atoms with Crippen LogP contribution < -0.4 is 0 Å². The van der Waals surface area contributed by atoms with Crippen molar-refractivity contribution in [1.29, 1.82) is 0 Å². The van der Waals surface area contributed by atoms with E-state index in [4.69, 9.17) is 4.74 Å². The summed E-state index contributed by atoms with van der Waals surface area (Å²) in [5.41, 5.74) is -1.48. The van der Waals surface area contributed by atoms with Gasteiger partial charge in [-0.1, -0.05) is 17.3 Å². The van der Waals surface area contributed by atoms with Gasteiger partial charge in [-0.3, -0.25) is 4.79 Å². The average Bonchev–Trinajstić information content (AvgIpc) is 3.27. The van der Waals surface area contributed by atoms with Crippen LogP contribution in [0.1, 0.15) is 22.5 Å². The van der Waals surface area contributed by atoms with Crippen molar-refractivity contribution in [1.82, 2.24) is 19.9 Å². The average molecular weight is 384 g/mol. The van der Waals surface area contributed by atoms with Crippen LogP contribution in [0, 0.1) is 0 Å². The van der Waals surface area contributed by atoms with Gasteiger partial charge in [0.1, 0.15) is 6.04 Å². The first kappa shape index (κ1) is 18.8. The number of carboxylic acid groups (broad SMARTS) is 1. The van der Waals surface area contributed by atoms with Crippen LogP contribution in [-0.2, 0) is 15.7 Å². The van der Waals surface area contributed by atoms with Gasteiger partial charge in [0.15, 0.2) is 5.69 Å². The lowest BCUT2D eigenvalue weighted by Gasteiger charge is -2.19.